The minimum atomic E-state index is -0.563. The first-order valence-corrected chi connectivity index (χ1v) is 11.1. The Morgan fingerprint density at radius 2 is 1.79 bits per heavy atom. The summed E-state index contributed by atoms with van der Waals surface area (Å²) in [7, 11) is 0. The van der Waals surface area contributed by atoms with Crippen molar-refractivity contribution in [3.05, 3.63) is 65.2 Å². The van der Waals surface area contributed by atoms with E-state index < -0.39 is 5.91 Å². The normalized spacial score (nSPS) is 16.6. The van der Waals surface area contributed by atoms with Crippen molar-refractivity contribution < 1.29 is 19.5 Å². The van der Waals surface area contributed by atoms with Gasteiger partial charge in [0.15, 0.2) is 0 Å². The molecule has 0 atom stereocenters. The molecule has 3 N–H and O–H groups in total. The number of ether oxygens (including phenoxy) is 1. The Bertz CT molecular complexity index is 928. The monoisotopic (exact) mass is 474 g/mol. The molecule has 3 amide bonds. The number of hydroxylamine groups is 1. The van der Waals surface area contributed by atoms with Gasteiger partial charge in [0.25, 0.3) is 5.91 Å². The third kappa shape index (κ3) is 6.23. The lowest BCUT2D eigenvalue weighted by Crippen LogP contribution is -2.48. The molecule has 8 nitrogen and oxygen atoms in total. The van der Waals surface area contributed by atoms with Gasteiger partial charge in [-0.3, -0.25) is 14.9 Å². The Labute approximate surface area is 200 Å². The molecule has 0 aliphatic carbocycles. The van der Waals surface area contributed by atoms with Crippen LogP contribution in [-0.2, 0) is 11.3 Å². The summed E-state index contributed by atoms with van der Waals surface area (Å²) < 4.78 is 5.42. The minimum absolute atomic E-state index is 0. The molecule has 2 aliphatic rings. The van der Waals surface area contributed by atoms with Crippen molar-refractivity contribution >= 4 is 30.0 Å². The molecule has 0 saturated carbocycles. The summed E-state index contributed by atoms with van der Waals surface area (Å²) in [5, 5.41) is 12.2. The number of piperidine rings is 1. The molecular formula is C24H31ClN4O4. The lowest BCUT2D eigenvalue weighted by Gasteiger charge is -2.33. The molecule has 0 spiro atoms. The Morgan fingerprint density at radius 1 is 1.09 bits per heavy atom. The van der Waals surface area contributed by atoms with Crippen molar-refractivity contribution in [3.63, 3.8) is 0 Å². The number of anilines is 1. The van der Waals surface area contributed by atoms with Crippen molar-refractivity contribution in [2.45, 2.75) is 25.3 Å². The number of amides is 3. The summed E-state index contributed by atoms with van der Waals surface area (Å²) in [5.41, 5.74) is 5.03. The zero-order chi connectivity index (χ0) is 22.3. The van der Waals surface area contributed by atoms with Gasteiger partial charge < -0.3 is 15.0 Å². The van der Waals surface area contributed by atoms with E-state index in [0.29, 0.717) is 44.3 Å². The van der Waals surface area contributed by atoms with Gasteiger partial charge in [0.2, 0.25) is 0 Å². The van der Waals surface area contributed by atoms with E-state index >= 15 is 0 Å². The third-order valence-corrected chi connectivity index (χ3v) is 6.16. The lowest BCUT2D eigenvalue weighted by molar-refractivity contribution is 0.0548. The summed E-state index contributed by atoms with van der Waals surface area (Å²) >= 11 is 0. The third-order valence-electron chi connectivity index (χ3n) is 6.16. The molecule has 0 unspecified atom stereocenters. The van der Waals surface area contributed by atoms with E-state index in [2.05, 4.69) is 17.4 Å². The highest BCUT2D eigenvalue weighted by Gasteiger charge is 2.25. The number of nitrogens with zero attached hydrogens (tertiary/aromatic N) is 2. The maximum atomic E-state index is 13.5. The highest BCUT2D eigenvalue weighted by molar-refractivity contribution is 5.94. The number of nitrogens with one attached hydrogen (secondary N) is 2. The molecule has 2 aromatic carbocycles. The Morgan fingerprint density at radius 3 is 2.45 bits per heavy atom. The Hall–Kier alpha value is -2.65. The average molecular weight is 475 g/mol. The molecule has 2 heterocycles. The topological polar surface area (TPSA) is 94.1 Å². The van der Waals surface area contributed by atoms with Gasteiger partial charge in [-0.1, -0.05) is 24.3 Å². The number of rotatable bonds is 5. The molecule has 2 saturated heterocycles. The van der Waals surface area contributed by atoms with Gasteiger partial charge >= 0.3 is 6.03 Å². The van der Waals surface area contributed by atoms with Crippen molar-refractivity contribution in [3.8, 4) is 0 Å². The van der Waals surface area contributed by atoms with Gasteiger partial charge in [-0.2, -0.15) is 0 Å². The number of hydrogen-bond donors (Lipinski definition) is 3. The zero-order valence-electron chi connectivity index (χ0n) is 18.5. The van der Waals surface area contributed by atoms with Crippen LogP contribution < -0.4 is 15.7 Å². The van der Waals surface area contributed by atoms with Crippen LogP contribution in [0, 0.1) is 0 Å². The van der Waals surface area contributed by atoms with Gasteiger partial charge in [-0.05, 0) is 67.2 Å². The number of benzene rings is 2. The van der Waals surface area contributed by atoms with Crippen molar-refractivity contribution in [1.82, 2.24) is 15.7 Å². The Kier molecular flexibility index (Phi) is 9.08. The van der Waals surface area contributed by atoms with Crippen LogP contribution in [0.2, 0.25) is 0 Å². The molecule has 0 radical (unpaired) electrons. The predicted molar refractivity (Wildman–Crippen MR) is 128 cm³/mol. The van der Waals surface area contributed by atoms with Gasteiger partial charge in [0, 0.05) is 24.3 Å². The van der Waals surface area contributed by atoms with Crippen LogP contribution in [-0.4, -0.2) is 61.4 Å². The van der Waals surface area contributed by atoms with Crippen LogP contribution in [0.25, 0.3) is 0 Å². The highest BCUT2D eigenvalue weighted by atomic mass is 35.5. The van der Waals surface area contributed by atoms with Crippen LogP contribution in [0.3, 0.4) is 0 Å². The number of urea groups is 1. The molecule has 2 aromatic rings. The summed E-state index contributed by atoms with van der Waals surface area (Å²) in [5.74, 6) is -0.0692. The summed E-state index contributed by atoms with van der Waals surface area (Å²) in [6.07, 6.45) is 2.19. The number of halogens is 1. The van der Waals surface area contributed by atoms with Crippen molar-refractivity contribution in [2.24, 2.45) is 0 Å². The highest BCUT2D eigenvalue weighted by Crippen LogP contribution is 2.29. The molecular weight excluding hydrogens is 444 g/mol. The minimum Gasteiger partial charge on any atom is -0.378 e. The molecule has 0 bridgehead atoms. The van der Waals surface area contributed by atoms with Crippen LogP contribution in [0.1, 0.15) is 40.2 Å². The lowest BCUT2D eigenvalue weighted by atomic mass is 9.90. The second-order valence-corrected chi connectivity index (χ2v) is 8.23. The SMILES string of the molecule is Cl.O=C(NO)c1ccc(CN(C(=O)N2CCOCC2)c2cccc(C3CCNCC3)c2)cc1. The number of carbonyl (C=O) groups is 2. The average Bonchev–Trinajstić information content (AvgIpc) is 2.88. The predicted octanol–water partition coefficient (Wildman–Crippen LogP) is 3.15. The molecule has 33 heavy (non-hydrogen) atoms. The smallest absolute Gasteiger partial charge is 0.324 e. The van der Waals surface area contributed by atoms with E-state index in [9.17, 15) is 9.59 Å². The fourth-order valence-corrected chi connectivity index (χ4v) is 4.31. The quantitative estimate of drug-likeness (QED) is 0.457. The van der Waals surface area contributed by atoms with E-state index in [0.717, 1.165) is 37.2 Å². The summed E-state index contributed by atoms with van der Waals surface area (Å²) in [4.78, 5) is 28.8. The number of morpholine rings is 1. The van der Waals surface area contributed by atoms with Crippen LogP contribution in [0.15, 0.2) is 48.5 Å². The van der Waals surface area contributed by atoms with Gasteiger partial charge in [0.05, 0.1) is 19.8 Å². The largest absolute Gasteiger partial charge is 0.378 e. The van der Waals surface area contributed by atoms with Crippen LogP contribution >= 0.6 is 12.4 Å². The second-order valence-electron chi connectivity index (χ2n) is 8.23. The molecule has 0 aromatic heterocycles. The van der Waals surface area contributed by atoms with Crippen LogP contribution in [0.5, 0.6) is 0 Å². The number of carbonyl (C=O) groups excluding carboxylic acids is 2. The second kappa shape index (κ2) is 12.0. The van der Waals surface area contributed by atoms with Crippen molar-refractivity contribution in [1.29, 1.82) is 0 Å². The van der Waals surface area contributed by atoms with E-state index in [4.69, 9.17) is 9.94 Å². The first-order chi connectivity index (χ1) is 15.7. The zero-order valence-corrected chi connectivity index (χ0v) is 19.4. The van der Waals surface area contributed by atoms with E-state index in [-0.39, 0.29) is 18.4 Å². The number of hydrogen-bond acceptors (Lipinski definition) is 5. The fraction of sp³-hybridized carbons (Fsp3) is 0.417. The summed E-state index contributed by atoms with van der Waals surface area (Å²) in [6, 6.07) is 15.2. The van der Waals surface area contributed by atoms with Crippen LogP contribution in [0.4, 0.5) is 10.5 Å². The standard InChI is InChI=1S/C24H30N4O4.ClH/c29-23(26-31)20-6-4-18(5-7-20)17-28(24(30)27-12-14-32-15-13-27)22-3-1-2-21(16-22)19-8-10-25-11-9-19;/h1-7,16,19,25,31H,8-15,17H2,(H,26,29);1H. The van der Waals surface area contributed by atoms with Gasteiger partial charge in [-0.15, -0.1) is 12.4 Å². The van der Waals surface area contributed by atoms with Crippen molar-refractivity contribution in [2.75, 3.05) is 44.3 Å². The van der Waals surface area contributed by atoms with Gasteiger partial charge in [0.1, 0.15) is 0 Å². The molecule has 178 valence electrons. The first-order valence-electron chi connectivity index (χ1n) is 11.1. The summed E-state index contributed by atoms with van der Waals surface area (Å²) in [6.45, 7) is 4.63. The fourth-order valence-electron chi connectivity index (χ4n) is 4.31. The Balaban J connectivity index is 0.00000306. The first kappa shape index (κ1) is 25.0. The maximum Gasteiger partial charge on any atom is 0.324 e. The van der Waals surface area contributed by atoms with Gasteiger partial charge in [-0.25, -0.2) is 10.3 Å². The molecule has 4 rings (SSSR count). The molecule has 2 aliphatic heterocycles. The maximum absolute atomic E-state index is 13.5. The molecule has 2 fully saturated rings. The van der Waals surface area contributed by atoms with E-state index in [1.165, 1.54) is 5.56 Å². The molecule has 9 heteroatoms. The van der Waals surface area contributed by atoms with E-state index in [1.807, 2.05) is 17.0 Å². The van der Waals surface area contributed by atoms with E-state index in [1.54, 1.807) is 34.6 Å².